The Morgan fingerprint density at radius 1 is 1.64 bits per heavy atom. The predicted molar refractivity (Wildman–Crippen MR) is 44.1 cm³/mol. The average Bonchev–Trinajstić information content (AvgIpc) is 2.75. The Hall–Kier alpha value is -1.76. The molecule has 0 unspecified atom stereocenters. The van der Waals surface area contributed by atoms with Gasteiger partial charge in [-0.25, -0.2) is 4.68 Å². The second kappa shape index (κ2) is 3.54. The molecule has 2 aromatic rings. The molecule has 0 spiro atoms. The second-order valence-corrected chi connectivity index (χ2v) is 2.84. The first-order valence-corrected chi connectivity index (χ1v) is 4.09. The van der Waals surface area contributed by atoms with Crippen molar-refractivity contribution in [3.05, 3.63) is 24.1 Å². The molecule has 0 aromatic carbocycles. The van der Waals surface area contributed by atoms with Gasteiger partial charge in [0.1, 0.15) is 6.54 Å². The zero-order valence-electron chi connectivity index (χ0n) is 7.53. The predicted octanol–water partition coefficient (Wildman–Crippen LogP) is -0.237. The topological polar surface area (TPSA) is 89.9 Å². The van der Waals surface area contributed by atoms with Crippen LogP contribution in [0.3, 0.4) is 0 Å². The van der Waals surface area contributed by atoms with Crippen LogP contribution >= 0.6 is 0 Å². The number of hydrogen-bond acceptors (Lipinski definition) is 6. The fourth-order valence-electron chi connectivity index (χ4n) is 1.11. The van der Waals surface area contributed by atoms with E-state index in [0.29, 0.717) is 18.1 Å². The van der Waals surface area contributed by atoms with E-state index >= 15 is 0 Å². The summed E-state index contributed by atoms with van der Waals surface area (Å²) in [4.78, 5) is 3.84. The van der Waals surface area contributed by atoms with Gasteiger partial charge < -0.3 is 9.63 Å². The van der Waals surface area contributed by atoms with E-state index in [2.05, 4.69) is 25.0 Å². The maximum absolute atomic E-state index is 9.36. The minimum absolute atomic E-state index is 0.344. The molecule has 0 radical (unpaired) electrons. The van der Waals surface area contributed by atoms with E-state index in [1.54, 1.807) is 6.92 Å². The van der Waals surface area contributed by atoms with Gasteiger partial charge in [0.15, 0.2) is 5.82 Å². The quantitative estimate of drug-likeness (QED) is 0.727. The van der Waals surface area contributed by atoms with Gasteiger partial charge in [-0.2, -0.15) is 4.98 Å². The SMILES string of the molecule is C[C@H](O)c1cnnn1Cc1ncon1. The van der Waals surface area contributed by atoms with E-state index < -0.39 is 6.10 Å². The minimum Gasteiger partial charge on any atom is -0.387 e. The lowest BCUT2D eigenvalue weighted by atomic mass is 10.3. The maximum Gasteiger partial charge on any atom is 0.213 e. The van der Waals surface area contributed by atoms with Gasteiger partial charge in [-0.05, 0) is 6.92 Å². The molecule has 0 aliphatic heterocycles. The van der Waals surface area contributed by atoms with Gasteiger partial charge in [-0.15, -0.1) is 5.10 Å². The normalized spacial score (nSPS) is 13.0. The summed E-state index contributed by atoms with van der Waals surface area (Å²) >= 11 is 0. The van der Waals surface area contributed by atoms with Crippen LogP contribution in [0.2, 0.25) is 0 Å². The maximum atomic E-state index is 9.36. The van der Waals surface area contributed by atoms with E-state index in [1.807, 2.05) is 0 Å². The highest BCUT2D eigenvalue weighted by atomic mass is 16.5. The van der Waals surface area contributed by atoms with Crippen molar-refractivity contribution >= 4 is 0 Å². The first-order valence-electron chi connectivity index (χ1n) is 4.09. The first kappa shape index (κ1) is 8.82. The third-order valence-electron chi connectivity index (χ3n) is 1.77. The van der Waals surface area contributed by atoms with Crippen LogP contribution in [0.1, 0.15) is 24.5 Å². The van der Waals surface area contributed by atoms with Crippen molar-refractivity contribution in [1.29, 1.82) is 0 Å². The Kier molecular flexibility index (Phi) is 2.23. The number of aliphatic hydroxyl groups excluding tert-OH is 1. The van der Waals surface area contributed by atoms with Gasteiger partial charge in [0.05, 0.1) is 18.0 Å². The van der Waals surface area contributed by atoms with Crippen LogP contribution in [0.15, 0.2) is 17.1 Å². The summed E-state index contributed by atoms with van der Waals surface area (Å²) < 4.78 is 6.10. The molecule has 1 atom stereocenters. The number of hydrogen-bond donors (Lipinski definition) is 1. The smallest absolute Gasteiger partial charge is 0.213 e. The van der Waals surface area contributed by atoms with E-state index in [1.165, 1.54) is 17.3 Å². The van der Waals surface area contributed by atoms with Gasteiger partial charge >= 0.3 is 0 Å². The highest BCUT2D eigenvalue weighted by Crippen LogP contribution is 2.09. The molecule has 14 heavy (non-hydrogen) atoms. The zero-order valence-corrected chi connectivity index (χ0v) is 7.53. The molecule has 2 aromatic heterocycles. The Morgan fingerprint density at radius 2 is 2.50 bits per heavy atom. The molecular formula is C7H9N5O2. The molecule has 0 aliphatic rings. The van der Waals surface area contributed by atoms with E-state index in [9.17, 15) is 5.11 Å². The van der Waals surface area contributed by atoms with Gasteiger partial charge in [-0.1, -0.05) is 10.4 Å². The molecule has 0 fully saturated rings. The summed E-state index contributed by atoms with van der Waals surface area (Å²) in [5.74, 6) is 0.498. The zero-order chi connectivity index (χ0) is 9.97. The van der Waals surface area contributed by atoms with Crippen molar-refractivity contribution < 1.29 is 9.63 Å². The highest BCUT2D eigenvalue weighted by molar-refractivity contribution is 4.99. The summed E-state index contributed by atoms with van der Waals surface area (Å²) in [6.07, 6.45) is 2.14. The Morgan fingerprint density at radius 3 is 3.14 bits per heavy atom. The molecule has 0 amide bonds. The van der Waals surface area contributed by atoms with Crippen LogP contribution in [0.25, 0.3) is 0 Å². The van der Waals surface area contributed by atoms with Crippen molar-refractivity contribution in [2.75, 3.05) is 0 Å². The summed E-state index contributed by atoms with van der Waals surface area (Å²) in [6, 6.07) is 0. The van der Waals surface area contributed by atoms with E-state index in [4.69, 9.17) is 0 Å². The van der Waals surface area contributed by atoms with Crippen molar-refractivity contribution in [3.63, 3.8) is 0 Å². The summed E-state index contributed by atoms with van der Waals surface area (Å²) in [5.41, 5.74) is 0.620. The Bertz CT molecular complexity index is 394. The van der Waals surface area contributed by atoms with Gasteiger partial charge in [-0.3, -0.25) is 0 Å². The minimum atomic E-state index is -0.614. The van der Waals surface area contributed by atoms with Gasteiger partial charge in [0.2, 0.25) is 6.39 Å². The molecule has 0 saturated heterocycles. The molecule has 1 N–H and O–H groups in total. The fourth-order valence-corrected chi connectivity index (χ4v) is 1.11. The van der Waals surface area contributed by atoms with E-state index in [0.717, 1.165) is 0 Å². The fraction of sp³-hybridized carbons (Fsp3) is 0.429. The summed E-state index contributed by atoms with van der Waals surface area (Å²) in [7, 11) is 0. The molecule has 2 rings (SSSR count). The van der Waals surface area contributed by atoms with Crippen LogP contribution < -0.4 is 0 Å². The molecule has 0 saturated carbocycles. The number of nitrogens with zero attached hydrogens (tertiary/aromatic N) is 5. The lowest BCUT2D eigenvalue weighted by Gasteiger charge is -2.04. The van der Waals surface area contributed by atoms with Gasteiger partial charge in [0.25, 0.3) is 0 Å². The number of aromatic nitrogens is 5. The monoisotopic (exact) mass is 195 g/mol. The summed E-state index contributed by atoms with van der Waals surface area (Å²) in [5, 5.41) is 20.5. The Balaban J connectivity index is 2.21. The lowest BCUT2D eigenvalue weighted by Crippen LogP contribution is -2.09. The number of rotatable bonds is 3. The first-order chi connectivity index (χ1) is 6.77. The molecule has 2 heterocycles. The van der Waals surface area contributed by atoms with Crippen molar-refractivity contribution in [2.45, 2.75) is 19.6 Å². The average molecular weight is 195 g/mol. The van der Waals surface area contributed by atoms with Crippen LogP contribution in [0.5, 0.6) is 0 Å². The molecular weight excluding hydrogens is 186 g/mol. The standard InChI is InChI=1S/C7H9N5O2/c1-5(13)6-2-9-11-12(6)3-7-8-4-14-10-7/h2,4-5,13H,3H2,1H3/t5-/m0/s1. The third kappa shape index (κ3) is 1.62. The van der Waals surface area contributed by atoms with Crippen molar-refractivity contribution in [3.8, 4) is 0 Å². The van der Waals surface area contributed by atoms with E-state index in [-0.39, 0.29) is 0 Å². The third-order valence-corrected chi connectivity index (χ3v) is 1.77. The molecule has 7 nitrogen and oxygen atoms in total. The van der Waals surface area contributed by atoms with Crippen molar-refractivity contribution in [2.24, 2.45) is 0 Å². The van der Waals surface area contributed by atoms with Crippen LogP contribution in [0.4, 0.5) is 0 Å². The number of aliphatic hydroxyl groups is 1. The van der Waals surface area contributed by atoms with Gasteiger partial charge in [0, 0.05) is 0 Å². The summed E-state index contributed by atoms with van der Waals surface area (Å²) in [6.45, 7) is 1.99. The van der Waals surface area contributed by atoms with Crippen LogP contribution in [-0.4, -0.2) is 30.2 Å². The largest absolute Gasteiger partial charge is 0.387 e. The Labute approximate surface area is 79.4 Å². The molecule has 74 valence electrons. The van der Waals surface area contributed by atoms with Crippen LogP contribution in [-0.2, 0) is 6.54 Å². The van der Waals surface area contributed by atoms with Crippen LogP contribution in [0, 0.1) is 0 Å². The highest BCUT2D eigenvalue weighted by Gasteiger charge is 2.11. The molecule has 0 aliphatic carbocycles. The lowest BCUT2D eigenvalue weighted by molar-refractivity contribution is 0.187. The molecule has 0 bridgehead atoms. The molecule has 7 heteroatoms. The second-order valence-electron chi connectivity index (χ2n) is 2.84. The van der Waals surface area contributed by atoms with Crippen molar-refractivity contribution in [1.82, 2.24) is 25.1 Å².